The molecule has 1 aliphatic rings. The molecule has 20 heavy (non-hydrogen) atoms. The van der Waals surface area contributed by atoms with Crippen molar-refractivity contribution in [2.45, 2.75) is 19.4 Å². The Labute approximate surface area is 128 Å². The average Bonchev–Trinajstić information content (AvgIpc) is 2.40. The fourth-order valence-corrected chi connectivity index (χ4v) is 2.97. The maximum Gasteiger partial charge on any atom is 0.320 e. The summed E-state index contributed by atoms with van der Waals surface area (Å²) in [6, 6.07) is 1.26. The second kappa shape index (κ2) is 6.61. The lowest BCUT2D eigenvalue weighted by molar-refractivity contribution is -0.143. The fourth-order valence-electron chi connectivity index (χ4n) is 2.47. The third kappa shape index (κ3) is 3.34. The Morgan fingerprint density at radius 3 is 2.55 bits per heavy atom. The molecule has 1 aromatic heterocycles. The smallest absolute Gasteiger partial charge is 0.320 e. The van der Waals surface area contributed by atoms with E-state index in [2.05, 4.69) is 9.88 Å². The van der Waals surface area contributed by atoms with E-state index in [1.165, 1.54) is 0 Å². The highest BCUT2D eigenvalue weighted by molar-refractivity contribution is 6.36. The Kier molecular flexibility index (Phi) is 5.07. The van der Waals surface area contributed by atoms with E-state index >= 15 is 0 Å². The second-order valence-corrected chi connectivity index (χ2v) is 5.59. The van der Waals surface area contributed by atoms with Gasteiger partial charge in [0.2, 0.25) is 0 Å². The molecule has 2 heterocycles. The largest absolute Gasteiger partial charge is 0.480 e. The molecule has 0 spiro atoms. The first kappa shape index (κ1) is 15.4. The minimum Gasteiger partial charge on any atom is -0.480 e. The molecule has 1 fully saturated rings. The molecule has 110 valence electrons. The number of hydrogen-bond donors (Lipinski definition) is 1. The summed E-state index contributed by atoms with van der Waals surface area (Å²) in [6.07, 6.45) is 2.18. The summed E-state index contributed by atoms with van der Waals surface area (Å²) in [6.45, 7) is 4.68. The summed E-state index contributed by atoms with van der Waals surface area (Å²) in [5.41, 5.74) is 0. The molecule has 1 aromatic rings. The van der Waals surface area contributed by atoms with Crippen LogP contribution in [-0.2, 0) is 4.79 Å². The zero-order valence-corrected chi connectivity index (χ0v) is 12.7. The van der Waals surface area contributed by atoms with Gasteiger partial charge in [-0.05, 0) is 12.5 Å². The van der Waals surface area contributed by atoms with Gasteiger partial charge in [0, 0.05) is 32.4 Å². The number of pyridine rings is 1. The average molecular weight is 318 g/mol. The molecule has 5 nitrogen and oxygen atoms in total. The standard InChI is InChI=1S/C13H17Cl2N3O2/c1-2-11(13(19)20)17-3-5-18(6-4-17)12-10(15)7-9(14)8-16-12/h7-8,11H,2-6H2,1H3,(H,19,20). The maximum atomic E-state index is 11.2. The van der Waals surface area contributed by atoms with Gasteiger partial charge in [-0.2, -0.15) is 0 Å². The maximum absolute atomic E-state index is 11.2. The molecule has 0 saturated carbocycles. The van der Waals surface area contributed by atoms with Crippen molar-refractivity contribution in [1.82, 2.24) is 9.88 Å². The van der Waals surface area contributed by atoms with E-state index in [1.54, 1.807) is 12.3 Å². The van der Waals surface area contributed by atoms with Gasteiger partial charge in [0.15, 0.2) is 0 Å². The molecule has 1 aliphatic heterocycles. The van der Waals surface area contributed by atoms with Gasteiger partial charge in [-0.1, -0.05) is 30.1 Å². The normalized spacial score (nSPS) is 18.1. The van der Waals surface area contributed by atoms with Crippen molar-refractivity contribution in [1.29, 1.82) is 0 Å². The van der Waals surface area contributed by atoms with Gasteiger partial charge in [0.05, 0.1) is 10.0 Å². The van der Waals surface area contributed by atoms with Crippen LogP contribution in [0.2, 0.25) is 10.0 Å². The summed E-state index contributed by atoms with van der Waals surface area (Å²) in [5, 5.41) is 10.2. The van der Waals surface area contributed by atoms with Gasteiger partial charge < -0.3 is 10.0 Å². The van der Waals surface area contributed by atoms with Crippen LogP contribution in [-0.4, -0.2) is 53.2 Å². The number of piperazine rings is 1. The number of anilines is 1. The lowest BCUT2D eigenvalue weighted by Crippen LogP contribution is -2.52. The van der Waals surface area contributed by atoms with Crippen LogP contribution in [0.1, 0.15) is 13.3 Å². The van der Waals surface area contributed by atoms with Crippen LogP contribution in [0, 0.1) is 0 Å². The predicted octanol–water partition coefficient (Wildman–Crippen LogP) is 2.37. The minimum absolute atomic E-state index is 0.411. The first-order valence-electron chi connectivity index (χ1n) is 6.55. The molecule has 0 amide bonds. The molecule has 1 N–H and O–H groups in total. The van der Waals surface area contributed by atoms with E-state index in [0.29, 0.717) is 48.5 Å². The van der Waals surface area contributed by atoms with Crippen molar-refractivity contribution >= 4 is 35.0 Å². The third-order valence-corrected chi connectivity index (χ3v) is 4.00. The van der Waals surface area contributed by atoms with E-state index in [9.17, 15) is 9.90 Å². The van der Waals surface area contributed by atoms with Crippen LogP contribution in [0.25, 0.3) is 0 Å². The summed E-state index contributed by atoms with van der Waals surface area (Å²) < 4.78 is 0. The van der Waals surface area contributed by atoms with Crippen molar-refractivity contribution in [2.24, 2.45) is 0 Å². The first-order chi connectivity index (χ1) is 9.52. The SMILES string of the molecule is CCC(C(=O)O)N1CCN(c2ncc(Cl)cc2Cl)CC1. The molecular weight excluding hydrogens is 301 g/mol. The summed E-state index contributed by atoms with van der Waals surface area (Å²) in [4.78, 5) is 19.5. The van der Waals surface area contributed by atoms with Crippen LogP contribution in [0.4, 0.5) is 5.82 Å². The molecule has 2 rings (SSSR count). The second-order valence-electron chi connectivity index (χ2n) is 4.74. The van der Waals surface area contributed by atoms with Crippen LogP contribution >= 0.6 is 23.2 Å². The Balaban J connectivity index is 2.02. The molecule has 0 bridgehead atoms. The molecule has 0 aromatic carbocycles. The highest BCUT2D eigenvalue weighted by atomic mass is 35.5. The molecule has 7 heteroatoms. The lowest BCUT2D eigenvalue weighted by atomic mass is 10.1. The number of carboxylic acid groups (broad SMARTS) is 1. The molecule has 1 atom stereocenters. The van der Waals surface area contributed by atoms with Crippen molar-refractivity contribution in [3.05, 3.63) is 22.3 Å². The Morgan fingerprint density at radius 1 is 1.40 bits per heavy atom. The number of halogens is 2. The monoisotopic (exact) mass is 317 g/mol. The number of carboxylic acids is 1. The van der Waals surface area contributed by atoms with Gasteiger partial charge >= 0.3 is 5.97 Å². The Bertz CT molecular complexity index is 491. The summed E-state index contributed by atoms with van der Waals surface area (Å²) in [7, 11) is 0. The topological polar surface area (TPSA) is 56.7 Å². The number of nitrogens with zero attached hydrogens (tertiary/aromatic N) is 3. The van der Waals surface area contributed by atoms with Gasteiger partial charge in [-0.25, -0.2) is 4.98 Å². The predicted molar refractivity (Wildman–Crippen MR) is 79.8 cm³/mol. The Morgan fingerprint density at radius 2 is 2.05 bits per heavy atom. The zero-order chi connectivity index (χ0) is 14.7. The zero-order valence-electron chi connectivity index (χ0n) is 11.2. The van der Waals surface area contributed by atoms with E-state index < -0.39 is 12.0 Å². The van der Waals surface area contributed by atoms with Crippen molar-refractivity contribution in [2.75, 3.05) is 31.1 Å². The fraction of sp³-hybridized carbons (Fsp3) is 0.538. The quantitative estimate of drug-likeness (QED) is 0.924. The third-order valence-electron chi connectivity index (χ3n) is 3.51. The number of carbonyl (C=O) groups is 1. The highest BCUT2D eigenvalue weighted by Crippen LogP contribution is 2.27. The number of aromatic nitrogens is 1. The highest BCUT2D eigenvalue weighted by Gasteiger charge is 2.28. The number of rotatable bonds is 4. The summed E-state index contributed by atoms with van der Waals surface area (Å²) >= 11 is 12.0. The molecule has 0 radical (unpaired) electrons. The number of aliphatic carboxylic acids is 1. The molecule has 1 unspecified atom stereocenters. The molecule has 1 saturated heterocycles. The first-order valence-corrected chi connectivity index (χ1v) is 7.31. The Hall–Kier alpha value is -1.04. The molecule has 0 aliphatic carbocycles. The van der Waals surface area contributed by atoms with Crippen molar-refractivity contribution in [3.8, 4) is 0 Å². The van der Waals surface area contributed by atoms with Crippen LogP contribution < -0.4 is 4.90 Å². The van der Waals surface area contributed by atoms with E-state index in [-0.39, 0.29) is 0 Å². The van der Waals surface area contributed by atoms with Gasteiger partial charge in [-0.3, -0.25) is 9.69 Å². The number of hydrogen-bond acceptors (Lipinski definition) is 4. The van der Waals surface area contributed by atoms with Gasteiger partial charge in [0.25, 0.3) is 0 Å². The van der Waals surface area contributed by atoms with E-state index in [1.807, 2.05) is 11.8 Å². The lowest BCUT2D eigenvalue weighted by Gasteiger charge is -2.38. The minimum atomic E-state index is -0.761. The van der Waals surface area contributed by atoms with E-state index in [4.69, 9.17) is 23.2 Å². The van der Waals surface area contributed by atoms with Crippen LogP contribution in [0.15, 0.2) is 12.3 Å². The van der Waals surface area contributed by atoms with Crippen molar-refractivity contribution < 1.29 is 9.90 Å². The van der Waals surface area contributed by atoms with Crippen LogP contribution in [0.3, 0.4) is 0 Å². The van der Waals surface area contributed by atoms with Gasteiger partial charge in [-0.15, -0.1) is 0 Å². The molecular formula is C13H17Cl2N3O2. The van der Waals surface area contributed by atoms with Gasteiger partial charge in [0.1, 0.15) is 11.9 Å². The summed E-state index contributed by atoms with van der Waals surface area (Å²) in [5.74, 6) is -0.0531. The van der Waals surface area contributed by atoms with Crippen LogP contribution in [0.5, 0.6) is 0 Å². The van der Waals surface area contributed by atoms with Crippen molar-refractivity contribution in [3.63, 3.8) is 0 Å². The van der Waals surface area contributed by atoms with E-state index in [0.717, 1.165) is 0 Å².